The maximum Gasteiger partial charge on any atom is 0.237 e. The van der Waals surface area contributed by atoms with Crippen LogP contribution in [0.1, 0.15) is 45.4 Å². The Hall–Kier alpha value is -1.40. The highest BCUT2D eigenvalue weighted by Crippen LogP contribution is 2.47. The minimum Gasteiger partial charge on any atom is -0.354 e. The highest BCUT2D eigenvalue weighted by Gasteiger charge is 2.48. The first-order chi connectivity index (χ1) is 13.0. The Morgan fingerprint density at radius 1 is 1.26 bits per heavy atom. The number of hydrogen-bond acceptors (Lipinski definition) is 4. The van der Waals surface area contributed by atoms with E-state index in [-0.39, 0.29) is 17.4 Å². The second kappa shape index (κ2) is 7.55. The molecule has 1 aromatic rings. The molecule has 1 aromatic heterocycles. The van der Waals surface area contributed by atoms with Gasteiger partial charge >= 0.3 is 0 Å². The fourth-order valence-corrected chi connectivity index (χ4v) is 5.11. The highest BCUT2D eigenvalue weighted by atomic mass is 16.2. The Morgan fingerprint density at radius 2 is 2.04 bits per heavy atom. The van der Waals surface area contributed by atoms with E-state index in [0.29, 0.717) is 5.41 Å². The second-order valence-corrected chi connectivity index (χ2v) is 9.45. The van der Waals surface area contributed by atoms with Gasteiger partial charge in [0.05, 0.1) is 12.4 Å². The van der Waals surface area contributed by atoms with Gasteiger partial charge in [0.25, 0.3) is 0 Å². The molecule has 1 N–H and O–H groups in total. The van der Waals surface area contributed by atoms with E-state index in [2.05, 4.69) is 38.6 Å². The summed E-state index contributed by atoms with van der Waals surface area (Å²) in [7, 11) is 2.21. The molecule has 27 heavy (non-hydrogen) atoms. The molecular formula is C21H35N5O. The number of likely N-dealkylation sites (tertiary alicyclic amines) is 2. The molecule has 1 aliphatic carbocycles. The summed E-state index contributed by atoms with van der Waals surface area (Å²) in [5.41, 5.74) is 0.605. The van der Waals surface area contributed by atoms with Crippen molar-refractivity contribution in [2.45, 2.75) is 58.0 Å². The summed E-state index contributed by atoms with van der Waals surface area (Å²) in [4.78, 5) is 22.2. The van der Waals surface area contributed by atoms with Gasteiger partial charge in [-0.15, -0.1) is 0 Å². The summed E-state index contributed by atoms with van der Waals surface area (Å²) in [6, 6.07) is 0.0670. The van der Waals surface area contributed by atoms with Gasteiger partial charge in [-0.2, -0.15) is 0 Å². The van der Waals surface area contributed by atoms with Crippen LogP contribution in [0.4, 0.5) is 0 Å². The summed E-state index contributed by atoms with van der Waals surface area (Å²) in [5.74, 6) is 0.260. The first-order valence-corrected chi connectivity index (χ1v) is 10.7. The number of imidazole rings is 1. The van der Waals surface area contributed by atoms with E-state index in [1.165, 1.54) is 38.8 Å². The van der Waals surface area contributed by atoms with Gasteiger partial charge in [0.15, 0.2) is 0 Å². The molecular weight excluding hydrogens is 338 g/mol. The summed E-state index contributed by atoms with van der Waals surface area (Å²) in [6.07, 6.45) is 12.8. The molecule has 1 atom stereocenters. The van der Waals surface area contributed by atoms with Crippen molar-refractivity contribution >= 4 is 5.91 Å². The van der Waals surface area contributed by atoms with Crippen molar-refractivity contribution in [3.05, 3.63) is 18.7 Å². The summed E-state index contributed by atoms with van der Waals surface area (Å²) >= 11 is 0. The third kappa shape index (κ3) is 4.21. The van der Waals surface area contributed by atoms with Crippen LogP contribution in [0.2, 0.25) is 0 Å². The molecule has 1 saturated carbocycles. The minimum atomic E-state index is 0.0670. The van der Waals surface area contributed by atoms with E-state index in [9.17, 15) is 4.79 Å². The smallest absolute Gasteiger partial charge is 0.237 e. The molecule has 0 aromatic carbocycles. The topological polar surface area (TPSA) is 53.4 Å². The molecule has 2 saturated heterocycles. The SMILES string of the molecule is CCCN1CC2(CCN(C)CC2)CC1C(=O)NCC1(Cn2ccnc2)CC1. The van der Waals surface area contributed by atoms with E-state index in [4.69, 9.17) is 0 Å². The van der Waals surface area contributed by atoms with Crippen LogP contribution in [-0.2, 0) is 11.3 Å². The number of carbonyl (C=O) groups is 1. The zero-order chi connectivity index (χ0) is 18.9. The van der Waals surface area contributed by atoms with Crippen LogP contribution in [0, 0.1) is 10.8 Å². The van der Waals surface area contributed by atoms with Gasteiger partial charge < -0.3 is 14.8 Å². The number of nitrogens with one attached hydrogen (secondary N) is 1. The van der Waals surface area contributed by atoms with E-state index in [1.54, 1.807) is 0 Å². The van der Waals surface area contributed by atoms with Gasteiger partial charge in [-0.3, -0.25) is 9.69 Å². The number of nitrogens with zero attached hydrogens (tertiary/aromatic N) is 4. The molecule has 3 fully saturated rings. The molecule has 3 heterocycles. The first kappa shape index (κ1) is 18.9. The van der Waals surface area contributed by atoms with Gasteiger partial charge in [-0.25, -0.2) is 4.98 Å². The number of piperidine rings is 1. The quantitative estimate of drug-likeness (QED) is 0.794. The lowest BCUT2D eigenvalue weighted by molar-refractivity contribution is -0.125. The van der Waals surface area contributed by atoms with Crippen molar-refractivity contribution in [3.63, 3.8) is 0 Å². The molecule has 2 aliphatic heterocycles. The molecule has 1 spiro atoms. The number of amides is 1. The predicted octanol–water partition coefficient (Wildman–Crippen LogP) is 1.98. The van der Waals surface area contributed by atoms with Crippen LogP contribution >= 0.6 is 0 Å². The van der Waals surface area contributed by atoms with Crippen LogP contribution in [0.5, 0.6) is 0 Å². The van der Waals surface area contributed by atoms with Crippen LogP contribution in [0.3, 0.4) is 0 Å². The van der Waals surface area contributed by atoms with Crippen molar-refractivity contribution in [1.82, 2.24) is 24.7 Å². The third-order valence-electron chi connectivity index (χ3n) is 7.14. The Balaban J connectivity index is 1.35. The normalized spacial score (nSPS) is 27.1. The van der Waals surface area contributed by atoms with Crippen molar-refractivity contribution in [2.75, 3.05) is 39.8 Å². The lowest BCUT2D eigenvalue weighted by Gasteiger charge is -2.37. The lowest BCUT2D eigenvalue weighted by Crippen LogP contribution is -2.45. The van der Waals surface area contributed by atoms with Gasteiger partial charge in [0.1, 0.15) is 0 Å². The number of carbonyl (C=O) groups excluding carboxylic acids is 1. The van der Waals surface area contributed by atoms with Crippen LogP contribution in [0.25, 0.3) is 0 Å². The molecule has 1 unspecified atom stereocenters. The van der Waals surface area contributed by atoms with Crippen molar-refractivity contribution in [3.8, 4) is 0 Å². The van der Waals surface area contributed by atoms with Crippen molar-refractivity contribution < 1.29 is 4.79 Å². The van der Waals surface area contributed by atoms with Crippen molar-refractivity contribution in [1.29, 1.82) is 0 Å². The van der Waals surface area contributed by atoms with Gasteiger partial charge in [0, 0.05) is 37.4 Å². The monoisotopic (exact) mass is 373 g/mol. The van der Waals surface area contributed by atoms with Crippen molar-refractivity contribution in [2.24, 2.45) is 10.8 Å². The standard InChI is InChI=1S/C21H35N5O/c1-3-9-26-16-20(6-10-24(2)11-7-20)13-18(26)19(27)23-14-21(4-5-21)15-25-12-8-22-17-25/h8,12,17-18H,3-7,9-11,13-16H2,1-2H3,(H,23,27). The zero-order valence-corrected chi connectivity index (χ0v) is 17.0. The largest absolute Gasteiger partial charge is 0.354 e. The molecule has 0 bridgehead atoms. The average molecular weight is 374 g/mol. The number of rotatable bonds is 7. The Labute approximate surface area is 163 Å². The molecule has 3 aliphatic rings. The van der Waals surface area contributed by atoms with Crippen LogP contribution in [-0.4, -0.2) is 71.1 Å². The average Bonchev–Trinajstić information content (AvgIpc) is 3.06. The lowest BCUT2D eigenvalue weighted by atomic mass is 9.76. The van der Waals surface area contributed by atoms with E-state index in [0.717, 1.165) is 39.0 Å². The summed E-state index contributed by atoms with van der Waals surface area (Å²) in [6.45, 7) is 8.47. The molecule has 6 nitrogen and oxygen atoms in total. The summed E-state index contributed by atoms with van der Waals surface area (Å²) in [5, 5.41) is 3.33. The molecule has 4 rings (SSSR count). The third-order valence-corrected chi connectivity index (χ3v) is 7.14. The Bertz CT molecular complexity index is 631. The molecule has 150 valence electrons. The predicted molar refractivity (Wildman–Crippen MR) is 106 cm³/mol. The zero-order valence-electron chi connectivity index (χ0n) is 17.0. The van der Waals surface area contributed by atoms with Gasteiger partial charge in [-0.05, 0) is 70.6 Å². The van der Waals surface area contributed by atoms with E-state index in [1.807, 2.05) is 18.7 Å². The van der Waals surface area contributed by atoms with Crippen LogP contribution < -0.4 is 5.32 Å². The molecule has 1 amide bonds. The first-order valence-electron chi connectivity index (χ1n) is 10.7. The maximum atomic E-state index is 13.1. The van der Waals surface area contributed by atoms with Crippen LogP contribution in [0.15, 0.2) is 18.7 Å². The summed E-state index contributed by atoms with van der Waals surface area (Å²) < 4.78 is 2.14. The number of hydrogen-bond donors (Lipinski definition) is 1. The maximum absolute atomic E-state index is 13.1. The highest BCUT2D eigenvalue weighted by molar-refractivity contribution is 5.82. The second-order valence-electron chi connectivity index (χ2n) is 9.45. The molecule has 6 heteroatoms. The van der Waals surface area contributed by atoms with E-state index < -0.39 is 0 Å². The van der Waals surface area contributed by atoms with Gasteiger partial charge in [0.2, 0.25) is 5.91 Å². The van der Waals surface area contributed by atoms with Gasteiger partial charge in [-0.1, -0.05) is 6.92 Å². The Kier molecular flexibility index (Phi) is 5.30. The molecule has 0 radical (unpaired) electrons. The fraction of sp³-hybridized carbons (Fsp3) is 0.810. The Morgan fingerprint density at radius 3 is 2.67 bits per heavy atom. The van der Waals surface area contributed by atoms with E-state index >= 15 is 0 Å². The fourth-order valence-electron chi connectivity index (χ4n) is 5.11. The number of aromatic nitrogens is 2. The minimum absolute atomic E-state index is 0.0670.